The van der Waals surface area contributed by atoms with E-state index in [4.69, 9.17) is 10.8 Å². The standard InChI is InChI=1S/C9H14N4O2/c1-5-3-8(13-6(2)12-5)11-4-7(14)9(10)15/h3,7,14H,4H2,1-2H3,(H2,10,15)(H,11,12,13). The SMILES string of the molecule is Cc1cc(NCC(O)C(N)=O)nc(C)n1. The van der Waals surface area contributed by atoms with Gasteiger partial charge in [-0.2, -0.15) is 0 Å². The van der Waals surface area contributed by atoms with Crippen molar-refractivity contribution in [2.24, 2.45) is 5.73 Å². The predicted octanol–water partition coefficient (Wildman–Crippen LogP) is -0.648. The fourth-order valence-electron chi connectivity index (χ4n) is 1.11. The largest absolute Gasteiger partial charge is 0.381 e. The fourth-order valence-corrected chi connectivity index (χ4v) is 1.11. The van der Waals surface area contributed by atoms with Crippen LogP contribution >= 0.6 is 0 Å². The molecule has 0 fully saturated rings. The quantitative estimate of drug-likeness (QED) is 0.613. The van der Waals surface area contributed by atoms with Crippen LogP contribution in [-0.2, 0) is 4.79 Å². The number of aryl methyl sites for hydroxylation is 2. The molecular formula is C9H14N4O2. The van der Waals surface area contributed by atoms with E-state index in [1.165, 1.54) is 0 Å². The molecule has 1 aromatic heterocycles. The maximum Gasteiger partial charge on any atom is 0.248 e. The van der Waals surface area contributed by atoms with Gasteiger partial charge in [-0.25, -0.2) is 9.97 Å². The summed E-state index contributed by atoms with van der Waals surface area (Å²) < 4.78 is 0. The van der Waals surface area contributed by atoms with Crippen LogP contribution in [0.25, 0.3) is 0 Å². The zero-order valence-corrected chi connectivity index (χ0v) is 8.69. The van der Waals surface area contributed by atoms with Crippen LogP contribution in [0.1, 0.15) is 11.5 Å². The monoisotopic (exact) mass is 210 g/mol. The first-order valence-electron chi connectivity index (χ1n) is 4.52. The Balaban J connectivity index is 2.61. The van der Waals surface area contributed by atoms with Crippen molar-refractivity contribution < 1.29 is 9.90 Å². The number of nitrogens with zero attached hydrogens (tertiary/aromatic N) is 2. The fraction of sp³-hybridized carbons (Fsp3) is 0.444. The molecule has 1 unspecified atom stereocenters. The molecule has 0 radical (unpaired) electrons. The van der Waals surface area contributed by atoms with Gasteiger partial charge in [0.05, 0.1) is 6.54 Å². The second-order valence-corrected chi connectivity index (χ2v) is 3.24. The minimum absolute atomic E-state index is 0.0469. The summed E-state index contributed by atoms with van der Waals surface area (Å²) in [7, 11) is 0. The van der Waals surface area contributed by atoms with Gasteiger partial charge in [-0.05, 0) is 13.8 Å². The van der Waals surface area contributed by atoms with Gasteiger partial charge < -0.3 is 16.2 Å². The summed E-state index contributed by atoms with van der Waals surface area (Å²) in [6, 6.07) is 1.72. The topological polar surface area (TPSA) is 101 Å². The molecule has 0 saturated carbocycles. The number of nitrogens with two attached hydrogens (primary N) is 1. The van der Waals surface area contributed by atoms with Crippen LogP contribution in [0.5, 0.6) is 0 Å². The number of rotatable bonds is 4. The second kappa shape index (κ2) is 4.70. The maximum atomic E-state index is 10.6. The molecule has 15 heavy (non-hydrogen) atoms. The number of hydrogen-bond acceptors (Lipinski definition) is 5. The van der Waals surface area contributed by atoms with E-state index in [1.807, 2.05) is 6.92 Å². The normalized spacial score (nSPS) is 12.2. The van der Waals surface area contributed by atoms with Crippen LogP contribution < -0.4 is 11.1 Å². The Morgan fingerprint density at radius 2 is 2.27 bits per heavy atom. The molecule has 82 valence electrons. The molecule has 0 saturated heterocycles. The molecule has 4 N–H and O–H groups in total. The Bertz CT molecular complexity index is 347. The number of hydrogen-bond donors (Lipinski definition) is 3. The minimum Gasteiger partial charge on any atom is -0.381 e. The molecule has 1 aromatic rings. The van der Waals surface area contributed by atoms with Gasteiger partial charge in [0.25, 0.3) is 0 Å². The molecule has 0 bridgehead atoms. The molecule has 0 aliphatic rings. The molecule has 0 spiro atoms. The zero-order chi connectivity index (χ0) is 11.4. The van der Waals surface area contributed by atoms with Crippen LogP contribution in [0.4, 0.5) is 5.82 Å². The van der Waals surface area contributed by atoms with Crippen LogP contribution in [0.3, 0.4) is 0 Å². The molecule has 6 nitrogen and oxygen atoms in total. The van der Waals surface area contributed by atoms with Crippen molar-refractivity contribution in [3.8, 4) is 0 Å². The summed E-state index contributed by atoms with van der Waals surface area (Å²) in [5.74, 6) is 0.441. The van der Waals surface area contributed by atoms with E-state index in [2.05, 4.69) is 15.3 Å². The third-order valence-corrected chi connectivity index (χ3v) is 1.77. The van der Waals surface area contributed by atoms with Crippen molar-refractivity contribution in [1.29, 1.82) is 0 Å². The summed E-state index contributed by atoms with van der Waals surface area (Å²) in [6.07, 6.45) is -1.21. The van der Waals surface area contributed by atoms with Crippen LogP contribution in [0.2, 0.25) is 0 Å². The second-order valence-electron chi connectivity index (χ2n) is 3.24. The van der Waals surface area contributed by atoms with Gasteiger partial charge in [0.2, 0.25) is 5.91 Å². The van der Waals surface area contributed by atoms with Gasteiger partial charge in [-0.15, -0.1) is 0 Å². The van der Waals surface area contributed by atoms with Crippen molar-refractivity contribution >= 4 is 11.7 Å². The Morgan fingerprint density at radius 3 is 2.80 bits per heavy atom. The van der Waals surface area contributed by atoms with Crippen LogP contribution in [0, 0.1) is 13.8 Å². The van der Waals surface area contributed by atoms with Crippen molar-refractivity contribution in [2.45, 2.75) is 20.0 Å². The highest BCUT2D eigenvalue weighted by Crippen LogP contribution is 2.05. The van der Waals surface area contributed by atoms with Crippen LogP contribution in [-0.4, -0.2) is 33.6 Å². The summed E-state index contributed by atoms with van der Waals surface area (Å²) in [6.45, 7) is 3.65. The average Bonchev–Trinajstić information content (AvgIpc) is 2.12. The van der Waals surface area contributed by atoms with E-state index in [0.717, 1.165) is 5.69 Å². The lowest BCUT2D eigenvalue weighted by Crippen LogP contribution is -2.34. The van der Waals surface area contributed by atoms with Gasteiger partial charge >= 0.3 is 0 Å². The minimum atomic E-state index is -1.21. The first kappa shape index (κ1) is 11.4. The van der Waals surface area contributed by atoms with Crippen molar-refractivity contribution in [2.75, 3.05) is 11.9 Å². The maximum absolute atomic E-state index is 10.6. The number of carbonyl (C=O) groups excluding carboxylic acids is 1. The number of aromatic nitrogens is 2. The van der Waals surface area contributed by atoms with E-state index in [1.54, 1.807) is 13.0 Å². The Labute approximate surface area is 87.5 Å². The molecule has 1 amide bonds. The number of aliphatic hydroxyl groups is 1. The van der Waals surface area contributed by atoms with Crippen molar-refractivity contribution in [1.82, 2.24) is 9.97 Å². The molecule has 1 heterocycles. The third-order valence-electron chi connectivity index (χ3n) is 1.77. The highest BCUT2D eigenvalue weighted by Gasteiger charge is 2.10. The Kier molecular flexibility index (Phi) is 3.56. The molecule has 0 aromatic carbocycles. The number of amides is 1. The zero-order valence-electron chi connectivity index (χ0n) is 8.69. The predicted molar refractivity (Wildman–Crippen MR) is 55.2 cm³/mol. The molecule has 0 aliphatic carbocycles. The molecule has 1 atom stereocenters. The summed E-state index contributed by atoms with van der Waals surface area (Å²) in [5, 5.41) is 12.0. The van der Waals surface area contributed by atoms with Crippen LogP contribution in [0.15, 0.2) is 6.07 Å². The molecular weight excluding hydrogens is 196 g/mol. The van der Waals surface area contributed by atoms with Gasteiger partial charge in [-0.1, -0.05) is 0 Å². The van der Waals surface area contributed by atoms with Gasteiger partial charge in [0, 0.05) is 11.8 Å². The summed E-state index contributed by atoms with van der Waals surface area (Å²) in [4.78, 5) is 18.7. The Morgan fingerprint density at radius 1 is 1.60 bits per heavy atom. The number of carbonyl (C=O) groups is 1. The summed E-state index contributed by atoms with van der Waals surface area (Å²) in [5.41, 5.74) is 5.72. The number of aliphatic hydroxyl groups excluding tert-OH is 1. The molecule has 1 rings (SSSR count). The number of primary amides is 1. The highest BCUT2D eigenvalue weighted by molar-refractivity contribution is 5.79. The van der Waals surface area contributed by atoms with E-state index in [-0.39, 0.29) is 6.54 Å². The van der Waals surface area contributed by atoms with Gasteiger partial charge in [0.1, 0.15) is 17.7 Å². The van der Waals surface area contributed by atoms with Gasteiger partial charge in [0.15, 0.2) is 0 Å². The number of anilines is 1. The summed E-state index contributed by atoms with van der Waals surface area (Å²) >= 11 is 0. The lowest BCUT2D eigenvalue weighted by Gasteiger charge is -2.09. The van der Waals surface area contributed by atoms with E-state index >= 15 is 0 Å². The van der Waals surface area contributed by atoms with E-state index in [0.29, 0.717) is 11.6 Å². The molecule has 6 heteroatoms. The van der Waals surface area contributed by atoms with E-state index < -0.39 is 12.0 Å². The van der Waals surface area contributed by atoms with Crippen molar-refractivity contribution in [3.05, 3.63) is 17.6 Å². The Hall–Kier alpha value is -1.69. The average molecular weight is 210 g/mol. The smallest absolute Gasteiger partial charge is 0.248 e. The first-order valence-corrected chi connectivity index (χ1v) is 4.52. The van der Waals surface area contributed by atoms with E-state index in [9.17, 15) is 4.79 Å². The van der Waals surface area contributed by atoms with Gasteiger partial charge in [-0.3, -0.25) is 4.79 Å². The third kappa shape index (κ3) is 3.51. The number of nitrogens with one attached hydrogen (secondary N) is 1. The highest BCUT2D eigenvalue weighted by atomic mass is 16.3. The lowest BCUT2D eigenvalue weighted by molar-refractivity contribution is -0.125. The molecule has 0 aliphatic heterocycles. The first-order chi connectivity index (χ1) is 6.99. The van der Waals surface area contributed by atoms with Crippen molar-refractivity contribution in [3.63, 3.8) is 0 Å². The lowest BCUT2D eigenvalue weighted by atomic mass is 10.3.